The fourth-order valence-corrected chi connectivity index (χ4v) is 5.13. The molecule has 0 unspecified atom stereocenters. The minimum absolute atomic E-state index is 1.01. The molecule has 12 heavy (non-hydrogen) atoms. The van der Waals surface area contributed by atoms with E-state index < -0.39 is 6.83 Å². The third-order valence-electron chi connectivity index (χ3n) is 3.52. The first-order chi connectivity index (χ1) is 5.54. The van der Waals surface area contributed by atoms with Gasteiger partial charge in [-0.1, -0.05) is 0 Å². The Morgan fingerprint density at radius 2 is 1.33 bits per heavy atom. The molecule has 76 valence electrons. The molecule has 2 heteroatoms. The molecule has 1 nitrogen and oxygen atoms in total. The second-order valence-corrected chi connectivity index (χ2v) is 10.1. The molecule has 0 aromatic carbocycles. The monoisotopic (exact) mass is 192 g/mol. The van der Waals surface area contributed by atoms with E-state index in [0.29, 0.717) is 0 Å². The van der Waals surface area contributed by atoms with Crippen LogP contribution in [0.25, 0.3) is 0 Å². The zero-order valence-electron chi connectivity index (χ0n) is 9.14. The summed E-state index contributed by atoms with van der Waals surface area (Å²) in [6.45, 7) is 6.45. The number of hydrogen-bond donors (Lipinski definition) is 1. The standard InChI is InChI=1S/C10H25OP/c1-5-9-10-12(11,6-2,7-3)8-4/h11H,5-10H2,1-4H3. The van der Waals surface area contributed by atoms with Gasteiger partial charge in [0, 0.05) is 0 Å². The Bertz CT molecular complexity index is 119. The van der Waals surface area contributed by atoms with Crippen molar-refractivity contribution in [3.63, 3.8) is 0 Å². The van der Waals surface area contributed by atoms with Crippen LogP contribution in [-0.4, -0.2) is 29.5 Å². The summed E-state index contributed by atoms with van der Waals surface area (Å²) in [5.41, 5.74) is 0. The Labute approximate surface area is 77.6 Å². The molecule has 0 saturated carbocycles. The average Bonchev–Trinajstić information content (AvgIpc) is 2.15. The van der Waals surface area contributed by atoms with E-state index in [4.69, 9.17) is 0 Å². The summed E-state index contributed by atoms with van der Waals surface area (Å²) < 4.78 is 0. The fourth-order valence-electron chi connectivity index (χ4n) is 1.71. The summed E-state index contributed by atoms with van der Waals surface area (Å²) in [4.78, 5) is 10.7. The van der Waals surface area contributed by atoms with Crippen LogP contribution in [0.1, 0.15) is 40.5 Å². The quantitative estimate of drug-likeness (QED) is 0.640. The number of hydrogen-bond acceptors (Lipinski definition) is 1. The molecule has 0 amide bonds. The molecular formula is C10H25OP. The van der Waals surface area contributed by atoms with Crippen LogP contribution in [0.15, 0.2) is 0 Å². The van der Waals surface area contributed by atoms with E-state index in [-0.39, 0.29) is 0 Å². The van der Waals surface area contributed by atoms with Crippen molar-refractivity contribution in [2.75, 3.05) is 24.6 Å². The van der Waals surface area contributed by atoms with Crippen LogP contribution < -0.4 is 0 Å². The molecule has 1 N–H and O–H groups in total. The van der Waals surface area contributed by atoms with Gasteiger partial charge in [0.2, 0.25) is 0 Å². The van der Waals surface area contributed by atoms with Gasteiger partial charge in [-0.2, -0.15) is 0 Å². The molecule has 0 radical (unpaired) electrons. The van der Waals surface area contributed by atoms with Gasteiger partial charge in [-0.3, -0.25) is 0 Å². The van der Waals surface area contributed by atoms with E-state index in [1.807, 2.05) is 0 Å². The molecule has 0 saturated heterocycles. The van der Waals surface area contributed by atoms with Gasteiger partial charge in [-0.25, -0.2) is 0 Å². The first kappa shape index (κ1) is 12.4. The Kier molecular flexibility index (Phi) is 4.73. The van der Waals surface area contributed by atoms with Gasteiger partial charge < -0.3 is 0 Å². The summed E-state index contributed by atoms with van der Waals surface area (Å²) in [5, 5.41) is 0. The summed E-state index contributed by atoms with van der Waals surface area (Å²) in [5.74, 6) is 0. The van der Waals surface area contributed by atoms with Crippen molar-refractivity contribution >= 4 is 6.83 Å². The van der Waals surface area contributed by atoms with Gasteiger partial charge in [0.15, 0.2) is 0 Å². The van der Waals surface area contributed by atoms with Crippen LogP contribution in [0.5, 0.6) is 0 Å². The zero-order valence-corrected chi connectivity index (χ0v) is 10.0. The molecule has 0 rings (SSSR count). The van der Waals surface area contributed by atoms with E-state index in [1.165, 1.54) is 12.8 Å². The second-order valence-electron chi connectivity index (χ2n) is 3.93. The average molecular weight is 192 g/mol. The van der Waals surface area contributed by atoms with E-state index in [1.54, 1.807) is 0 Å². The summed E-state index contributed by atoms with van der Waals surface area (Å²) >= 11 is 0. The predicted molar refractivity (Wildman–Crippen MR) is 60.5 cm³/mol. The number of rotatable bonds is 6. The van der Waals surface area contributed by atoms with Crippen LogP contribution in [0.4, 0.5) is 0 Å². The van der Waals surface area contributed by atoms with E-state index in [0.717, 1.165) is 24.6 Å². The van der Waals surface area contributed by atoms with Gasteiger partial charge in [0.05, 0.1) is 0 Å². The van der Waals surface area contributed by atoms with Crippen LogP contribution in [0.2, 0.25) is 0 Å². The van der Waals surface area contributed by atoms with Gasteiger partial charge in [0.1, 0.15) is 0 Å². The molecule has 0 aliphatic heterocycles. The van der Waals surface area contributed by atoms with Crippen molar-refractivity contribution < 1.29 is 4.89 Å². The summed E-state index contributed by atoms with van der Waals surface area (Å²) in [6.07, 6.45) is 6.53. The Hall–Kier alpha value is 0.390. The fraction of sp³-hybridized carbons (Fsp3) is 1.00. The van der Waals surface area contributed by atoms with E-state index >= 15 is 0 Å². The Morgan fingerprint density at radius 3 is 1.58 bits per heavy atom. The minimum atomic E-state index is -2.20. The number of unbranched alkanes of at least 4 members (excludes halogenated alkanes) is 1. The second kappa shape index (κ2) is 4.58. The van der Waals surface area contributed by atoms with Crippen LogP contribution in [0.3, 0.4) is 0 Å². The molecule has 0 aliphatic rings. The van der Waals surface area contributed by atoms with Gasteiger partial charge in [-0.15, -0.1) is 0 Å². The van der Waals surface area contributed by atoms with Crippen LogP contribution >= 0.6 is 6.83 Å². The maximum atomic E-state index is 10.7. The van der Waals surface area contributed by atoms with Crippen molar-refractivity contribution in [2.45, 2.75) is 40.5 Å². The van der Waals surface area contributed by atoms with Crippen molar-refractivity contribution in [1.82, 2.24) is 0 Å². The van der Waals surface area contributed by atoms with Crippen molar-refractivity contribution in [3.05, 3.63) is 0 Å². The van der Waals surface area contributed by atoms with Crippen LogP contribution in [0, 0.1) is 0 Å². The predicted octanol–water partition coefficient (Wildman–Crippen LogP) is 3.31. The SMILES string of the molecule is CCCCP(O)(CC)(CC)CC. The molecule has 0 atom stereocenters. The molecular weight excluding hydrogens is 167 g/mol. The van der Waals surface area contributed by atoms with Gasteiger partial charge >= 0.3 is 76.9 Å². The van der Waals surface area contributed by atoms with Gasteiger partial charge in [-0.05, 0) is 0 Å². The summed E-state index contributed by atoms with van der Waals surface area (Å²) in [6, 6.07) is 0. The topological polar surface area (TPSA) is 20.2 Å². The maximum absolute atomic E-state index is 10.7. The summed E-state index contributed by atoms with van der Waals surface area (Å²) in [7, 11) is 0. The molecule has 0 fully saturated rings. The first-order valence-corrected chi connectivity index (χ1v) is 8.22. The third-order valence-corrected chi connectivity index (χ3v) is 9.86. The third kappa shape index (κ3) is 2.71. The molecule has 0 aliphatic carbocycles. The zero-order chi connectivity index (χ0) is 9.69. The van der Waals surface area contributed by atoms with Crippen molar-refractivity contribution in [1.29, 1.82) is 0 Å². The van der Waals surface area contributed by atoms with Gasteiger partial charge in [0.25, 0.3) is 0 Å². The van der Waals surface area contributed by atoms with Crippen molar-refractivity contribution in [2.24, 2.45) is 0 Å². The Morgan fingerprint density at radius 1 is 0.917 bits per heavy atom. The molecule has 0 aromatic heterocycles. The van der Waals surface area contributed by atoms with E-state index in [2.05, 4.69) is 27.7 Å². The Balaban J connectivity index is 4.35. The van der Waals surface area contributed by atoms with E-state index in [9.17, 15) is 4.89 Å². The molecule has 0 heterocycles. The first-order valence-electron chi connectivity index (χ1n) is 5.29. The molecule has 0 aromatic rings. The van der Waals surface area contributed by atoms with Crippen molar-refractivity contribution in [3.8, 4) is 0 Å². The molecule has 0 bridgehead atoms. The normalized spacial score (nSPS) is 15.6. The molecule has 0 spiro atoms. The van der Waals surface area contributed by atoms with Crippen LogP contribution in [-0.2, 0) is 0 Å².